The SMILES string of the molecule is CC(=O)NC(COC(C)=O)C(=O)c1ccc([N+](=O)[O-])cc1. The lowest BCUT2D eigenvalue weighted by Crippen LogP contribution is -2.43. The number of non-ortho nitro benzene ring substituents is 1. The summed E-state index contributed by atoms with van der Waals surface area (Å²) in [6.07, 6.45) is 0. The van der Waals surface area contributed by atoms with Crippen molar-refractivity contribution in [3.63, 3.8) is 0 Å². The Morgan fingerprint density at radius 3 is 2.24 bits per heavy atom. The number of amides is 1. The molecule has 0 aliphatic carbocycles. The number of rotatable bonds is 6. The van der Waals surface area contributed by atoms with E-state index in [1.165, 1.54) is 38.1 Å². The molecule has 1 aromatic carbocycles. The highest BCUT2D eigenvalue weighted by Crippen LogP contribution is 2.13. The standard InChI is InChI=1S/C13H14N2O6/c1-8(16)14-12(7-21-9(2)17)13(18)10-3-5-11(6-4-10)15(19)20/h3-6,12H,7H2,1-2H3,(H,14,16). The molecule has 8 nitrogen and oxygen atoms in total. The number of nitro groups is 1. The van der Waals surface area contributed by atoms with Crippen molar-refractivity contribution < 1.29 is 24.0 Å². The van der Waals surface area contributed by atoms with Gasteiger partial charge in [0.2, 0.25) is 5.91 Å². The first-order chi connectivity index (χ1) is 9.81. The predicted octanol–water partition coefficient (Wildman–Crippen LogP) is 0.845. The number of ether oxygens (including phenoxy) is 1. The largest absolute Gasteiger partial charge is 0.463 e. The monoisotopic (exact) mass is 294 g/mol. The van der Waals surface area contributed by atoms with Gasteiger partial charge in [-0.15, -0.1) is 0 Å². The van der Waals surface area contributed by atoms with Crippen LogP contribution < -0.4 is 5.32 Å². The van der Waals surface area contributed by atoms with E-state index in [-0.39, 0.29) is 17.9 Å². The lowest BCUT2D eigenvalue weighted by Gasteiger charge is -2.16. The number of carbonyl (C=O) groups is 3. The molecule has 21 heavy (non-hydrogen) atoms. The van der Waals surface area contributed by atoms with E-state index >= 15 is 0 Å². The number of nitrogens with one attached hydrogen (secondary N) is 1. The van der Waals surface area contributed by atoms with Gasteiger partial charge >= 0.3 is 5.97 Å². The minimum atomic E-state index is -1.03. The summed E-state index contributed by atoms with van der Waals surface area (Å²) < 4.78 is 4.73. The first kappa shape index (κ1) is 16.3. The van der Waals surface area contributed by atoms with Gasteiger partial charge in [0.05, 0.1) is 4.92 Å². The van der Waals surface area contributed by atoms with E-state index in [0.29, 0.717) is 0 Å². The van der Waals surface area contributed by atoms with Gasteiger partial charge < -0.3 is 10.1 Å². The fourth-order valence-electron chi connectivity index (χ4n) is 1.58. The normalized spacial score (nSPS) is 11.3. The third-order valence-electron chi connectivity index (χ3n) is 2.51. The quantitative estimate of drug-likeness (QED) is 0.360. The van der Waals surface area contributed by atoms with Crippen LogP contribution >= 0.6 is 0 Å². The number of esters is 1. The number of nitro benzene ring substituents is 1. The van der Waals surface area contributed by atoms with Crippen molar-refractivity contribution in [2.75, 3.05) is 6.61 Å². The Labute approximate surface area is 120 Å². The Morgan fingerprint density at radius 1 is 1.24 bits per heavy atom. The van der Waals surface area contributed by atoms with Crippen molar-refractivity contribution >= 4 is 23.3 Å². The summed E-state index contributed by atoms with van der Waals surface area (Å²) in [6, 6.07) is 3.90. The first-order valence-corrected chi connectivity index (χ1v) is 6.00. The average molecular weight is 294 g/mol. The van der Waals surface area contributed by atoms with Gasteiger partial charge in [-0.2, -0.15) is 0 Å². The Bertz CT molecular complexity index is 567. The van der Waals surface area contributed by atoms with Crippen LogP contribution in [0.4, 0.5) is 5.69 Å². The lowest BCUT2D eigenvalue weighted by molar-refractivity contribution is -0.384. The molecule has 1 N–H and O–H groups in total. The van der Waals surface area contributed by atoms with Crippen LogP contribution in [0.3, 0.4) is 0 Å². The van der Waals surface area contributed by atoms with E-state index in [4.69, 9.17) is 4.74 Å². The summed E-state index contributed by atoms with van der Waals surface area (Å²) in [6.45, 7) is 2.11. The fraction of sp³-hybridized carbons (Fsp3) is 0.308. The number of hydrogen-bond donors (Lipinski definition) is 1. The second-order valence-electron chi connectivity index (χ2n) is 4.22. The van der Waals surface area contributed by atoms with Crippen LogP contribution in [-0.4, -0.2) is 35.2 Å². The molecule has 0 fully saturated rings. The van der Waals surface area contributed by atoms with Crippen molar-refractivity contribution in [1.29, 1.82) is 0 Å². The molecule has 0 radical (unpaired) electrons. The molecule has 1 amide bonds. The number of hydrogen-bond acceptors (Lipinski definition) is 6. The molecule has 1 unspecified atom stereocenters. The summed E-state index contributed by atoms with van der Waals surface area (Å²) in [5, 5.41) is 12.9. The summed E-state index contributed by atoms with van der Waals surface area (Å²) >= 11 is 0. The van der Waals surface area contributed by atoms with Gasteiger partial charge in [-0.3, -0.25) is 24.5 Å². The Hall–Kier alpha value is -2.77. The summed E-state index contributed by atoms with van der Waals surface area (Å²) in [7, 11) is 0. The second kappa shape index (κ2) is 7.13. The van der Waals surface area contributed by atoms with Crippen molar-refractivity contribution in [2.24, 2.45) is 0 Å². The number of carbonyl (C=O) groups excluding carboxylic acids is 3. The maximum Gasteiger partial charge on any atom is 0.302 e. The number of nitrogens with zero attached hydrogens (tertiary/aromatic N) is 1. The van der Waals surface area contributed by atoms with Crippen LogP contribution in [0.15, 0.2) is 24.3 Å². The van der Waals surface area contributed by atoms with E-state index in [2.05, 4.69) is 5.32 Å². The maximum atomic E-state index is 12.2. The third kappa shape index (κ3) is 5.01. The van der Waals surface area contributed by atoms with Gasteiger partial charge in [-0.25, -0.2) is 0 Å². The molecule has 1 rings (SSSR count). The van der Waals surface area contributed by atoms with Crippen LogP contribution in [0, 0.1) is 10.1 Å². The number of ketones is 1. The molecular formula is C13H14N2O6. The van der Waals surface area contributed by atoms with E-state index < -0.39 is 28.6 Å². The highest BCUT2D eigenvalue weighted by molar-refractivity contribution is 6.02. The zero-order valence-electron chi connectivity index (χ0n) is 11.5. The highest BCUT2D eigenvalue weighted by atomic mass is 16.6. The van der Waals surface area contributed by atoms with Gasteiger partial charge in [0.1, 0.15) is 12.6 Å². The molecule has 0 saturated carbocycles. The molecule has 112 valence electrons. The molecule has 0 bridgehead atoms. The van der Waals surface area contributed by atoms with Gasteiger partial charge in [0.25, 0.3) is 5.69 Å². The van der Waals surface area contributed by atoms with Gasteiger partial charge in [-0.05, 0) is 12.1 Å². The Morgan fingerprint density at radius 2 is 1.81 bits per heavy atom. The maximum absolute atomic E-state index is 12.2. The molecule has 1 atom stereocenters. The van der Waals surface area contributed by atoms with Crippen LogP contribution in [0.25, 0.3) is 0 Å². The Balaban J connectivity index is 2.89. The Kier molecular flexibility index (Phi) is 5.53. The number of benzene rings is 1. The second-order valence-corrected chi connectivity index (χ2v) is 4.22. The smallest absolute Gasteiger partial charge is 0.302 e. The molecule has 1 aromatic rings. The molecule has 0 saturated heterocycles. The molecule has 0 aliphatic rings. The molecule has 0 heterocycles. The van der Waals surface area contributed by atoms with Crippen LogP contribution in [0.1, 0.15) is 24.2 Å². The van der Waals surface area contributed by atoms with E-state index in [9.17, 15) is 24.5 Å². The zero-order chi connectivity index (χ0) is 16.0. The molecule has 0 aliphatic heterocycles. The van der Waals surface area contributed by atoms with Crippen LogP contribution in [0.5, 0.6) is 0 Å². The zero-order valence-corrected chi connectivity index (χ0v) is 11.5. The van der Waals surface area contributed by atoms with Gasteiger partial charge in [0.15, 0.2) is 5.78 Å². The minimum Gasteiger partial charge on any atom is -0.463 e. The summed E-state index contributed by atoms with van der Waals surface area (Å²) in [4.78, 5) is 44.0. The first-order valence-electron chi connectivity index (χ1n) is 6.00. The van der Waals surface area contributed by atoms with Crippen LogP contribution in [-0.2, 0) is 14.3 Å². The minimum absolute atomic E-state index is 0.150. The van der Waals surface area contributed by atoms with E-state index in [1.807, 2.05) is 0 Å². The fourth-order valence-corrected chi connectivity index (χ4v) is 1.58. The lowest BCUT2D eigenvalue weighted by atomic mass is 10.0. The highest BCUT2D eigenvalue weighted by Gasteiger charge is 2.22. The topological polar surface area (TPSA) is 116 Å². The average Bonchev–Trinajstić information content (AvgIpc) is 2.42. The van der Waals surface area contributed by atoms with E-state index in [1.54, 1.807) is 0 Å². The van der Waals surface area contributed by atoms with Gasteiger partial charge in [0, 0.05) is 31.5 Å². The van der Waals surface area contributed by atoms with Crippen molar-refractivity contribution in [1.82, 2.24) is 5.32 Å². The predicted molar refractivity (Wildman–Crippen MR) is 71.7 cm³/mol. The molecule has 0 aromatic heterocycles. The summed E-state index contributed by atoms with van der Waals surface area (Å²) in [5.41, 5.74) is 0.0223. The molecular weight excluding hydrogens is 280 g/mol. The van der Waals surface area contributed by atoms with E-state index in [0.717, 1.165) is 0 Å². The molecule has 0 spiro atoms. The van der Waals surface area contributed by atoms with Crippen LogP contribution in [0.2, 0.25) is 0 Å². The van der Waals surface area contributed by atoms with Crippen molar-refractivity contribution in [2.45, 2.75) is 19.9 Å². The molecule has 8 heteroatoms. The third-order valence-corrected chi connectivity index (χ3v) is 2.51. The van der Waals surface area contributed by atoms with Gasteiger partial charge in [-0.1, -0.05) is 0 Å². The summed E-state index contributed by atoms with van der Waals surface area (Å²) in [5.74, 6) is -1.54. The number of Topliss-reactive ketones (excluding diaryl/α,β-unsaturated/α-hetero) is 1. The van der Waals surface area contributed by atoms with Crippen molar-refractivity contribution in [3.05, 3.63) is 39.9 Å². The van der Waals surface area contributed by atoms with Crippen molar-refractivity contribution in [3.8, 4) is 0 Å².